The van der Waals surface area contributed by atoms with Gasteiger partial charge in [0.1, 0.15) is 5.75 Å². The van der Waals surface area contributed by atoms with Gasteiger partial charge in [0.2, 0.25) is 0 Å². The Morgan fingerprint density at radius 2 is 1.56 bits per heavy atom. The summed E-state index contributed by atoms with van der Waals surface area (Å²) in [6.07, 6.45) is 5.69. The molecule has 27 heavy (non-hydrogen) atoms. The Kier molecular flexibility index (Phi) is 6.47. The van der Waals surface area contributed by atoms with Crippen LogP contribution in [-0.4, -0.2) is 24.5 Å². The van der Waals surface area contributed by atoms with Crippen LogP contribution in [-0.2, 0) is 0 Å². The summed E-state index contributed by atoms with van der Waals surface area (Å²) in [6.45, 7) is 2.42. The van der Waals surface area contributed by atoms with Gasteiger partial charge in [-0.25, -0.2) is 0 Å². The van der Waals surface area contributed by atoms with Crippen LogP contribution >= 0.6 is 0 Å². The van der Waals surface area contributed by atoms with E-state index in [4.69, 9.17) is 4.74 Å². The average molecular weight is 366 g/mol. The number of ether oxygens (including phenoxy) is 1. The lowest BCUT2D eigenvalue weighted by Gasteiger charge is -2.22. The summed E-state index contributed by atoms with van der Waals surface area (Å²) >= 11 is 0. The molecule has 5 nitrogen and oxygen atoms in total. The number of carbonyl (C=O) groups is 2. The molecule has 1 aliphatic rings. The van der Waals surface area contributed by atoms with E-state index in [1.807, 2.05) is 25.1 Å². The number of rotatable bonds is 6. The van der Waals surface area contributed by atoms with Crippen molar-refractivity contribution in [3.63, 3.8) is 0 Å². The Morgan fingerprint density at radius 1 is 0.926 bits per heavy atom. The van der Waals surface area contributed by atoms with Gasteiger partial charge in [-0.2, -0.15) is 0 Å². The summed E-state index contributed by atoms with van der Waals surface area (Å²) in [5.41, 5.74) is 1.70. The van der Waals surface area contributed by atoms with Crippen LogP contribution < -0.4 is 15.4 Å². The molecule has 0 aliphatic heterocycles. The lowest BCUT2D eigenvalue weighted by atomic mass is 9.95. The van der Waals surface area contributed by atoms with Crippen molar-refractivity contribution in [2.45, 2.75) is 45.1 Å². The first-order chi connectivity index (χ1) is 13.2. The zero-order valence-corrected chi connectivity index (χ0v) is 15.7. The molecule has 0 unspecified atom stereocenters. The topological polar surface area (TPSA) is 67.4 Å². The number of hydrogen-bond acceptors (Lipinski definition) is 3. The van der Waals surface area contributed by atoms with Crippen molar-refractivity contribution in [1.29, 1.82) is 0 Å². The lowest BCUT2D eigenvalue weighted by Crippen LogP contribution is -2.36. The van der Waals surface area contributed by atoms with E-state index < -0.39 is 0 Å². The second-order valence-corrected chi connectivity index (χ2v) is 6.77. The molecular formula is C22H26N2O3. The van der Waals surface area contributed by atoms with Crippen molar-refractivity contribution in [3.05, 3.63) is 59.7 Å². The highest BCUT2D eigenvalue weighted by atomic mass is 16.5. The molecule has 0 radical (unpaired) electrons. The van der Waals surface area contributed by atoms with Crippen LogP contribution in [0.25, 0.3) is 0 Å². The molecule has 2 aromatic rings. The Balaban J connectivity index is 1.62. The summed E-state index contributed by atoms with van der Waals surface area (Å²) in [7, 11) is 0. The third kappa shape index (κ3) is 5.09. The first-order valence-electron chi connectivity index (χ1n) is 9.61. The quantitative estimate of drug-likeness (QED) is 0.796. The lowest BCUT2D eigenvalue weighted by molar-refractivity contribution is 0.0926. The fraction of sp³-hybridized carbons (Fsp3) is 0.364. The zero-order valence-electron chi connectivity index (χ0n) is 15.7. The molecule has 0 heterocycles. The number of nitrogens with one attached hydrogen (secondary N) is 2. The maximum Gasteiger partial charge on any atom is 0.255 e. The first kappa shape index (κ1) is 19.0. The van der Waals surface area contributed by atoms with Gasteiger partial charge in [0.25, 0.3) is 11.8 Å². The molecule has 2 amide bonds. The number of amides is 2. The molecular weight excluding hydrogens is 340 g/mol. The molecule has 0 spiro atoms. The molecule has 1 aliphatic carbocycles. The Labute approximate surface area is 160 Å². The second kappa shape index (κ2) is 9.21. The maximum atomic E-state index is 12.5. The molecule has 0 aromatic heterocycles. The maximum absolute atomic E-state index is 12.5. The molecule has 2 aromatic carbocycles. The van der Waals surface area contributed by atoms with Crippen molar-refractivity contribution < 1.29 is 14.3 Å². The highest BCUT2D eigenvalue weighted by Crippen LogP contribution is 2.24. The van der Waals surface area contributed by atoms with E-state index in [-0.39, 0.29) is 17.9 Å². The van der Waals surface area contributed by atoms with E-state index in [9.17, 15) is 9.59 Å². The summed E-state index contributed by atoms with van der Waals surface area (Å²) in [4.78, 5) is 24.9. The van der Waals surface area contributed by atoms with E-state index >= 15 is 0 Å². The van der Waals surface area contributed by atoms with Gasteiger partial charge in [0.05, 0.1) is 12.3 Å². The third-order valence-electron chi connectivity index (χ3n) is 4.78. The van der Waals surface area contributed by atoms with Crippen LogP contribution in [0.3, 0.4) is 0 Å². The summed E-state index contributed by atoms with van der Waals surface area (Å²) in [6, 6.07) is 14.3. The smallest absolute Gasteiger partial charge is 0.255 e. The predicted molar refractivity (Wildman–Crippen MR) is 106 cm³/mol. The molecule has 2 N–H and O–H groups in total. The predicted octanol–water partition coefficient (Wildman–Crippen LogP) is 4.40. The third-order valence-corrected chi connectivity index (χ3v) is 4.78. The van der Waals surface area contributed by atoms with Gasteiger partial charge in [-0.3, -0.25) is 9.59 Å². The van der Waals surface area contributed by atoms with Crippen LogP contribution in [0, 0.1) is 0 Å². The minimum atomic E-state index is -0.235. The van der Waals surface area contributed by atoms with Gasteiger partial charge >= 0.3 is 0 Å². The van der Waals surface area contributed by atoms with Gasteiger partial charge in [-0.15, -0.1) is 0 Å². The van der Waals surface area contributed by atoms with E-state index in [2.05, 4.69) is 10.6 Å². The van der Waals surface area contributed by atoms with E-state index in [1.54, 1.807) is 30.3 Å². The van der Waals surface area contributed by atoms with Crippen molar-refractivity contribution >= 4 is 17.5 Å². The van der Waals surface area contributed by atoms with Crippen LogP contribution in [0.5, 0.6) is 5.75 Å². The summed E-state index contributed by atoms with van der Waals surface area (Å²) < 4.78 is 5.53. The fourth-order valence-electron chi connectivity index (χ4n) is 3.33. The van der Waals surface area contributed by atoms with Gasteiger partial charge < -0.3 is 15.4 Å². The van der Waals surface area contributed by atoms with Crippen LogP contribution in [0.4, 0.5) is 5.69 Å². The molecule has 0 atom stereocenters. The Bertz CT molecular complexity index is 780. The molecule has 1 fully saturated rings. The monoisotopic (exact) mass is 366 g/mol. The fourth-order valence-corrected chi connectivity index (χ4v) is 3.33. The van der Waals surface area contributed by atoms with Crippen molar-refractivity contribution in [2.75, 3.05) is 11.9 Å². The van der Waals surface area contributed by atoms with Crippen LogP contribution in [0.1, 0.15) is 59.7 Å². The molecule has 0 saturated heterocycles. The van der Waals surface area contributed by atoms with Gasteiger partial charge in [0, 0.05) is 17.2 Å². The van der Waals surface area contributed by atoms with Crippen molar-refractivity contribution in [2.24, 2.45) is 0 Å². The van der Waals surface area contributed by atoms with Gasteiger partial charge in [-0.1, -0.05) is 31.4 Å². The largest absolute Gasteiger partial charge is 0.492 e. The van der Waals surface area contributed by atoms with Crippen LogP contribution in [0.2, 0.25) is 0 Å². The standard InChI is InChI=1S/C22H26N2O3/c1-2-27-20-11-7-6-10-19(20)24-22(26)17-14-12-16(13-15-17)21(25)23-18-8-4-3-5-9-18/h6-7,10-15,18H,2-5,8-9H2,1H3,(H,23,25)(H,24,26). The molecule has 142 valence electrons. The molecule has 0 bridgehead atoms. The van der Waals surface area contributed by atoms with E-state index in [0.29, 0.717) is 29.2 Å². The van der Waals surface area contributed by atoms with Crippen molar-refractivity contribution in [1.82, 2.24) is 5.32 Å². The highest BCUT2D eigenvalue weighted by Gasteiger charge is 2.17. The number of anilines is 1. The number of hydrogen-bond donors (Lipinski definition) is 2. The Morgan fingerprint density at radius 3 is 2.22 bits per heavy atom. The van der Waals surface area contributed by atoms with Gasteiger partial charge in [-0.05, 0) is 56.2 Å². The minimum Gasteiger partial charge on any atom is -0.492 e. The number of benzene rings is 2. The number of carbonyl (C=O) groups excluding carboxylic acids is 2. The summed E-state index contributed by atoms with van der Waals surface area (Å²) in [5, 5.41) is 5.95. The minimum absolute atomic E-state index is 0.0736. The van der Waals surface area contributed by atoms with Crippen LogP contribution in [0.15, 0.2) is 48.5 Å². The number of para-hydroxylation sites is 2. The van der Waals surface area contributed by atoms with Crippen molar-refractivity contribution in [3.8, 4) is 5.75 Å². The van der Waals surface area contributed by atoms with E-state index in [0.717, 1.165) is 12.8 Å². The molecule has 5 heteroatoms. The average Bonchev–Trinajstić information content (AvgIpc) is 2.70. The second-order valence-electron chi connectivity index (χ2n) is 6.77. The van der Waals surface area contributed by atoms with Gasteiger partial charge in [0.15, 0.2) is 0 Å². The molecule has 1 saturated carbocycles. The zero-order chi connectivity index (χ0) is 19.1. The van der Waals surface area contributed by atoms with E-state index in [1.165, 1.54) is 19.3 Å². The SMILES string of the molecule is CCOc1ccccc1NC(=O)c1ccc(C(=O)NC2CCCCC2)cc1. The highest BCUT2D eigenvalue weighted by molar-refractivity contribution is 6.05. The first-order valence-corrected chi connectivity index (χ1v) is 9.61. The Hall–Kier alpha value is -2.82. The normalized spacial score (nSPS) is 14.4. The molecule has 3 rings (SSSR count). The summed E-state index contributed by atoms with van der Waals surface area (Å²) in [5.74, 6) is 0.328.